The predicted molar refractivity (Wildman–Crippen MR) is 55.1 cm³/mol. The zero-order chi connectivity index (χ0) is 10.4. The second-order valence-corrected chi connectivity index (χ2v) is 3.05. The summed E-state index contributed by atoms with van der Waals surface area (Å²) in [5.74, 6) is 0.684. The lowest BCUT2D eigenvalue weighted by Gasteiger charge is -2.09. The largest absolute Gasteiger partial charge is 0.492 e. The van der Waals surface area contributed by atoms with Crippen LogP contribution in [0.5, 0.6) is 5.75 Å². The minimum atomic E-state index is 0.566. The molecule has 3 nitrogen and oxygen atoms in total. The van der Waals surface area contributed by atoms with Crippen LogP contribution >= 0.6 is 0 Å². The maximum Gasteiger partial charge on any atom is 0.139 e. The van der Waals surface area contributed by atoms with E-state index in [0.29, 0.717) is 24.5 Å². The molecule has 0 radical (unpaired) electrons. The summed E-state index contributed by atoms with van der Waals surface area (Å²) in [6.45, 7) is 3.10. The normalized spacial score (nSPS) is 9.50. The SMILES string of the molecule is Cc1cccc(C#N)c1OCCCN. The molecule has 2 N–H and O–H groups in total. The third-order valence-corrected chi connectivity index (χ3v) is 1.93. The molecular formula is C11H14N2O. The monoisotopic (exact) mass is 190 g/mol. The van der Waals surface area contributed by atoms with Gasteiger partial charge in [-0.05, 0) is 31.5 Å². The Morgan fingerprint density at radius 1 is 1.50 bits per heavy atom. The van der Waals surface area contributed by atoms with Gasteiger partial charge in [-0.2, -0.15) is 5.26 Å². The smallest absolute Gasteiger partial charge is 0.139 e. The fraction of sp³-hybridized carbons (Fsp3) is 0.364. The number of ether oxygens (including phenoxy) is 1. The Morgan fingerprint density at radius 3 is 2.93 bits per heavy atom. The molecule has 0 unspecified atom stereocenters. The van der Waals surface area contributed by atoms with E-state index >= 15 is 0 Å². The average Bonchev–Trinajstić information content (AvgIpc) is 2.20. The maximum absolute atomic E-state index is 8.84. The van der Waals surface area contributed by atoms with Crippen molar-refractivity contribution < 1.29 is 4.74 Å². The minimum Gasteiger partial charge on any atom is -0.492 e. The van der Waals surface area contributed by atoms with Crippen LogP contribution < -0.4 is 10.5 Å². The molecule has 0 aliphatic carbocycles. The standard InChI is InChI=1S/C11H14N2O/c1-9-4-2-5-10(8-13)11(9)14-7-3-6-12/h2,4-5H,3,6-7,12H2,1H3. The number of hydrogen-bond donors (Lipinski definition) is 1. The quantitative estimate of drug-likeness (QED) is 0.733. The van der Waals surface area contributed by atoms with Crippen LogP contribution in [0.4, 0.5) is 0 Å². The number of nitrogens with two attached hydrogens (primary N) is 1. The summed E-state index contributed by atoms with van der Waals surface area (Å²) in [4.78, 5) is 0. The van der Waals surface area contributed by atoms with Gasteiger partial charge in [0, 0.05) is 0 Å². The van der Waals surface area contributed by atoms with Crippen molar-refractivity contribution in [1.82, 2.24) is 0 Å². The number of para-hydroxylation sites is 1. The number of hydrogen-bond acceptors (Lipinski definition) is 3. The van der Waals surface area contributed by atoms with Gasteiger partial charge in [0.15, 0.2) is 0 Å². The molecule has 0 heterocycles. The third-order valence-electron chi connectivity index (χ3n) is 1.93. The van der Waals surface area contributed by atoms with Gasteiger partial charge in [0.05, 0.1) is 12.2 Å². The van der Waals surface area contributed by atoms with E-state index in [0.717, 1.165) is 12.0 Å². The number of nitriles is 1. The summed E-state index contributed by atoms with van der Waals surface area (Å²) >= 11 is 0. The number of nitrogens with zero attached hydrogens (tertiary/aromatic N) is 1. The summed E-state index contributed by atoms with van der Waals surface area (Å²) in [5, 5.41) is 8.84. The molecule has 0 aliphatic rings. The van der Waals surface area contributed by atoms with E-state index in [4.69, 9.17) is 15.7 Å². The molecule has 0 spiro atoms. The molecule has 0 aromatic heterocycles. The summed E-state index contributed by atoms with van der Waals surface area (Å²) in [5.41, 5.74) is 6.93. The van der Waals surface area contributed by atoms with Crippen molar-refractivity contribution in [2.24, 2.45) is 5.73 Å². The van der Waals surface area contributed by atoms with Gasteiger partial charge < -0.3 is 10.5 Å². The molecule has 3 heteroatoms. The Morgan fingerprint density at radius 2 is 2.29 bits per heavy atom. The second-order valence-electron chi connectivity index (χ2n) is 3.05. The zero-order valence-corrected chi connectivity index (χ0v) is 8.29. The summed E-state index contributed by atoms with van der Waals surface area (Å²) in [6, 6.07) is 7.64. The molecule has 0 aliphatic heterocycles. The first-order valence-electron chi connectivity index (χ1n) is 4.62. The van der Waals surface area contributed by atoms with Crippen molar-refractivity contribution in [3.05, 3.63) is 29.3 Å². The molecule has 0 amide bonds. The van der Waals surface area contributed by atoms with Crippen LogP contribution in [0.1, 0.15) is 17.5 Å². The first-order chi connectivity index (χ1) is 6.79. The van der Waals surface area contributed by atoms with E-state index in [1.165, 1.54) is 0 Å². The molecular weight excluding hydrogens is 176 g/mol. The van der Waals surface area contributed by atoms with Crippen LogP contribution in [0.3, 0.4) is 0 Å². The van der Waals surface area contributed by atoms with Crippen LogP contribution in [0.25, 0.3) is 0 Å². The van der Waals surface area contributed by atoms with E-state index in [9.17, 15) is 0 Å². The Kier molecular flexibility index (Phi) is 3.96. The van der Waals surface area contributed by atoms with Crippen molar-refractivity contribution in [3.8, 4) is 11.8 Å². The molecule has 1 rings (SSSR count). The van der Waals surface area contributed by atoms with Gasteiger partial charge in [0.1, 0.15) is 11.8 Å². The molecule has 1 aromatic rings. The van der Waals surface area contributed by atoms with E-state index in [1.807, 2.05) is 19.1 Å². The van der Waals surface area contributed by atoms with Crippen molar-refractivity contribution in [3.63, 3.8) is 0 Å². The van der Waals surface area contributed by atoms with Gasteiger partial charge in [-0.1, -0.05) is 12.1 Å². The molecule has 0 fully saturated rings. The Labute approximate surface area is 84.1 Å². The average molecular weight is 190 g/mol. The molecule has 1 aromatic carbocycles. The minimum absolute atomic E-state index is 0.566. The molecule has 74 valence electrons. The van der Waals surface area contributed by atoms with Crippen molar-refractivity contribution >= 4 is 0 Å². The van der Waals surface area contributed by atoms with Gasteiger partial charge in [0.2, 0.25) is 0 Å². The Balaban J connectivity index is 2.78. The summed E-state index contributed by atoms with van der Waals surface area (Å²) < 4.78 is 5.50. The first kappa shape index (κ1) is 10.6. The zero-order valence-electron chi connectivity index (χ0n) is 8.29. The van der Waals surface area contributed by atoms with Crippen molar-refractivity contribution in [2.75, 3.05) is 13.2 Å². The third kappa shape index (κ3) is 2.48. The molecule has 0 atom stereocenters. The fourth-order valence-electron chi connectivity index (χ4n) is 1.19. The van der Waals surface area contributed by atoms with Crippen molar-refractivity contribution in [1.29, 1.82) is 5.26 Å². The van der Waals surface area contributed by atoms with Crippen LogP contribution in [-0.2, 0) is 0 Å². The lowest BCUT2D eigenvalue weighted by Crippen LogP contribution is -2.07. The second kappa shape index (κ2) is 5.25. The van der Waals surface area contributed by atoms with E-state index < -0.39 is 0 Å². The van der Waals surface area contributed by atoms with E-state index in [-0.39, 0.29) is 0 Å². The summed E-state index contributed by atoms with van der Waals surface area (Å²) in [7, 11) is 0. The first-order valence-corrected chi connectivity index (χ1v) is 4.62. The van der Waals surface area contributed by atoms with Gasteiger partial charge >= 0.3 is 0 Å². The molecule has 0 saturated heterocycles. The van der Waals surface area contributed by atoms with Crippen LogP contribution in [-0.4, -0.2) is 13.2 Å². The number of benzene rings is 1. The Hall–Kier alpha value is -1.53. The maximum atomic E-state index is 8.84. The Bertz CT molecular complexity index is 342. The van der Waals surface area contributed by atoms with E-state index in [2.05, 4.69) is 6.07 Å². The lowest BCUT2D eigenvalue weighted by molar-refractivity contribution is 0.310. The van der Waals surface area contributed by atoms with Crippen LogP contribution in [0.15, 0.2) is 18.2 Å². The number of aryl methyl sites for hydroxylation is 1. The summed E-state index contributed by atoms with van der Waals surface area (Å²) in [6.07, 6.45) is 0.805. The van der Waals surface area contributed by atoms with E-state index in [1.54, 1.807) is 6.07 Å². The van der Waals surface area contributed by atoms with Gasteiger partial charge in [-0.25, -0.2) is 0 Å². The lowest BCUT2D eigenvalue weighted by atomic mass is 10.1. The van der Waals surface area contributed by atoms with Crippen LogP contribution in [0, 0.1) is 18.3 Å². The fourth-order valence-corrected chi connectivity index (χ4v) is 1.19. The van der Waals surface area contributed by atoms with Crippen molar-refractivity contribution in [2.45, 2.75) is 13.3 Å². The highest BCUT2D eigenvalue weighted by Gasteiger charge is 2.05. The topological polar surface area (TPSA) is 59.0 Å². The van der Waals surface area contributed by atoms with Gasteiger partial charge in [-0.3, -0.25) is 0 Å². The molecule has 14 heavy (non-hydrogen) atoms. The highest BCUT2D eigenvalue weighted by Crippen LogP contribution is 2.22. The predicted octanol–water partition coefficient (Wildman–Crippen LogP) is 1.59. The molecule has 0 bridgehead atoms. The molecule has 0 saturated carbocycles. The number of rotatable bonds is 4. The van der Waals surface area contributed by atoms with Gasteiger partial charge in [-0.15, -0.1) is 0 Å². The van der Waals surface area contributed by atoms with Crippen LogP contribution in [0.2, 0.25) is 0 Å². The highest BCUT2D eigenvalue weighted by molar-refractivity contribution is 5.47. The van der Waals surface area contributed by atoms with Gasteiger partial charge in [0.25, 0.3) is 0 Å². The highest BCUT2D eigenvalue weighted by atomic mass is 16.5.